The van der Waals surface area contributed by atoms with Crippen molar-refractivity contribution in [2.45, 2.75) is 58.9 Å². The molecule has 1 heterocycles. The average Bonchev–Trinajstić information content (AvgIpc) is 2.12. The zero-order valence-electron chi connectivity index (χ0n) is 8.64. The Kier molecular flexibility index (Phi) is 3.77. The molecule has 0 saturated carbocycles. The molecule has 0 spiro atoms. The standard InChI is InChI=1S/C11H21N/c1-9(2)8-11-7-5-4-6-10(3)12-11/h9,11H,4-8H2,1-3H3. The van der Waals surface area contributed by atoms with Crippen LogP contribution in [-0.4, -0.2) is 11.8 Å². The molecule has 1 heteroatoms. The highest BCUT2D eigenvalue weighted by molar-refractivity contribution is 5.82. The summed E-state index contributed by atoms with van der Waals surface area (Å²) in [6.45, 7) is 6.75. The maximum atomic E-state index is 4.73. The first kappa shape index (κ1) is 9.76. The van der Waals surface area contributed by atoms with Gasteiger partial charge in [-0.15, -0.1) is 0 Å². The molecule has 1 aliphatic rings. The Labute approximate surface area is 76.3 Å². The third-order valence-electron chi connectivity index (χ3n) is 2.47. The van der Waals surface area contributed by atoms with Gasteiger partial charge in [0.2, 0.25) is 0 Å². The molecule has 0 amide bonds. The van der Waals surface area contributed by atoms with E-state index in [0.717, 1.165) is 5.92 Å². The van der Waals surface area contributed by atoms with Gasteiger partial charge in [-0.05, 0) is 38.5 Å². The van der Waals surface area contributed by atoms with Crippen LogP contribution in [0.1, 0.15) is 52.9 Å². The Morgan fingerprint density at radius 2 is 2.17 bits per heavy atom. The summed E-state index contributed by atoms with van der Waals surface area (Å²) < 4.78 is 0. The second-order valence-corrected chi connectivity index (χ2v) is 4.39. The highest BCUT2D eigenvalue weighted by atomic mass is 14.8. The maximum Gasteiger partial charge on any atom is 0.0501 e. The predicted molar refractivity (Wildman–Crippen MR) is 54.8 cm³/mol. The van der Waals surface area contributed by atoms with Crippen molar-refractivity contribution in [2.75, 3.05) is 0 Å². The van der Waals surface area contributed by atoms with Crippen LogP contribution >= 0.6 is 0 Å². The lowest BCUT2D eigenvalue weighted by Crippen LogP contribution is -2.08. The first-order chi connectivity index (χ1) is 5.68. The normalized spacial score (nSPS) is 25.3. The van der Waals surface area contributed by atoms with Crippen molar-refractivity contribution in [3.63, 3.8) is 0 Å². The summed E-state index contributed by atoms with van der Waals surface area (Å²) in [6.07, 6.45) is 6.55. The number of nitrogens with zero attached hydrogens (tertiary/aromatic N) is 1. The van der Waals surface area contributed by atoms with Crippen molar-refractivity contribution in [3.8, 4) is 0 Å². The summed E-state index contributed by atoms with van der Waals surface area (Å²) in [4.78, 5) is 4.73. The largest absolute Gasteiger partial charge is 0.291 e. The maximum absolute atomic E-state index is 4.73. The molecule has 0 aromatic heterocycles. The van der Waals surface area contributed by atoms with Crippen LogP contribution in [0.3, 0.4) is 0 Å². The first-order valence-electron chi connectivity index (χ1n) is 5.21. The SMILES string of the molecule is CC1=NC(CC(C)C)CCCC1. The van der Waals surface area contributed by atoms with Gasteiger partial charge in [0.15, 0.2) is 0 Å². The van der Waals surface area contributed by atoms with E-state index in [-0.39, 0.29) is 0 Å². The van der Waals surface area contributed by atoms with E-state index in [1.54, 1.807) is 0 Å². The van der Waals surface area contributed by atoms with Crippen LogP contribution in [0.15, 0.2) is 4.99 Å². The molecule has 0 N–H and O–H groups in total. The quantitative estimate of drug-likeness (QED) is 0.597. The number of aliphatic imine (C=N–C) groups is 1. The van der Waals surface area contributed by atoms with Crippen molar-refractivity contribution < 1.29 is 0 Å². The highest BCUT2D eigenvalue weighted by Crippen LogP contribution is 2.19. The van der Waals surface area contributed by atoms with E-state index in [1.165, 1.54) is 37.8 Å². The molecule has 0 radical (unpaired) electrons. The van der Waals surface area contributed by atoms with Gasteiger partial charge in [0, 0.05) is 5.71 Å². The Hall–Kier alpha value is -0.330. The van der Waals surface area contributed by atoms with Gasteiger partial charge in [-0.25, -0.2) is 0 Å². The summed E-state index contributed by atoms with van der Waals surface area (Å²) in [5.74, 6) is 0.796. The Balaban J connectivity index is 2.45. The van der Waals surface area contributed by atoms with E-state index < -0.39 is 0 Å². The first-order valence-corrected chi connectivity index (χ1v) is 5.21. The average molecular weight is 167 g/mol. The van der Waals surface area contributed by atoms with E-state index in [2.05, 4.69) is 20.8 Å². The lowest BCUT2D eigenvalue weighted by Gasteiger charge is -2.12. The van der Waals surface area contributed by atoms with Crippen LogP contribution in [0.4, 0.5) is 0 Å². The number of hydrogen-bond donors (Lipinski definition) is 0. The molecule has 0 fully saturated rings. The third-order valence-corrected chi connectivity index (χ3v) is 2.47. The molecule has 70 valence electrons. The zero-order chi connectivity index (χ0) is 8.97. The summed E-state index contributed by atoms with van der Waals surface area (Å²) in [5, 5.41) is 0. The molecule has 1 atom stereocenters. The van der Waals surface area contributed by atoms with Crippen LogP contribution in [-0.2, 0) is 0 Å². The van der Waals surface area contributed by atoms with Crippen LogP contribution in [0, 0.1) is 5.92 Å². The smallest absolute Gasteiger partial charge is 0.0501 e. The minimum absolute atomic E-state index is 0.632. The second-order valence-electron chi connectivity index (χ2n) is 4.39. The molecule has 1 rings (SSSR count). The molecule has 0 aromatic rings. The topological polar surface area (TPSA) is 12.4 Å². The number of hydrogen-bond acceptors (Lipinski definition) is 1. The van der Waals surface area contributed by atoms with Gasteiger partial charge in [0.05, 0.1) is 6.04 Å². The molecule has 1 aliphatic heterocycles. The summed E-state index contributed by atoms with van der Waals surface area (Å²) >= 11 is 0. The van der Waals surface area contributed by atoms with Crippen LogP contribution in [0.5, 0.6) is 0 Å². The Bertz CT molecular complexity index is 158. The molecule has 0 aromatic carbocycles. The van der Waals surface area contributed by atoms with Crippen LogP contribution in [0.2, 0.25) is 0 Å². The fourth-order valence-corrected chi connectivity index (χ4v) is 1.92. The summed E-state index contributed by atoms with van der Waals surface area (Å²) in [6, 6.07) is 0.632. The highest BCUT2D eigenvalue weighted by Gasteiger charge is 2.12. The van der Waals surface area contributed by atoms with Gasteiger partial charge in [0.1, 0.15) is 0 Å². The van der Waals surface area contributed by atoms with E-state index in [4.69, 9.17) is 4.99 Å². The lowest BCUT2D eigenvalue weighted by molar-refractivity contribution is 0.469. The van der Waals surface area contributed by atoms with Crippen molar-refractivity contribution in [1.29, 1.82) is 0 Å². The predicted octanol–water partition coefficient (Wildman–Crippen LogP) is 3.44. The fraction of sp³-hybridized carbons (Fsp3) is 0.909. The second kappa shape index (κ2) is 4.64. The van der Waals surface area contributed by atoms with Gasteiger partial charge in [-0.3, -0.25) is 4.99 Å². The zero-order valence-corrected chi connectivity index (χ0v) is 8.64. The van der Waals surface area contributed by atoms with E-state index in [1.807, 2.05) is 0 Å². The van der Waals surface area contributed by atoms with Gasteiger partial charge in [0.25, 0.3) is 0 Å². The molecular formula is C11H21N. The van der Waals surface area contributed by atoms with Gasteiger partial charge >= 0.3 is 0 Å². The Morgan fingerprint density at radius 3 is 2.83 bits per heavy atom. The fourth-order valence-electron chi connectivity index (χ4n) is 1.92. The van der Waals surface area contributed by atoms with Crippen LogP contribution < -0.4 is 0 Å². The van der Waals surface area contributed by atoms with E-state index in [0.29, 0.717) is 6.04 Å². The molecule has 1 nitrogen and oxygen atoms in total. The minimum Gasteiger partial charge on any atom is -0.291 e. The molecule has 0 saturated heterocycles. The molecule has 0 aliphatic carbocycles. The van der Waals surface area contributed by atoms with Gasteiger partial charge in [-0.1, -0.05) is 20.3 Å². The summed E-state index contributed by atoms with van der Waals surface area (Å²) in [7, 11) is 0. The van der Waals surface area contributed by atoms with Crippen molar-refractivity contribution in [1.82, 2.24) is 0 Å². The van der Waals surface area contributed by atoms with E-state index >= 15 is 0 Å². The molecule has 1 unspecified atom stereocenters. The number of rotatable bonds is 2. The van der Waals surface area contributed by atoms with Crippen molar-refractivity contribution >= 4 is 5.71 Å². The van der Waals surface area contributed by atoms with Gasteiger partial charge < -0.3 is 0 Å². The van der Waals surface area contributed by atoms with Crippen molar-refractivity contribution in [3.05, 3.63) is 0 Å². The lowest BCUT2D eigenvalue weighted by atomic mass is 10.0. The molecular weight excluding hydrogens is 146 g/mol. The third kappa shape index (κ3) is 3.38. The van der Waals surface area contributed by atoms with Crippen LogP contribution in [0.25, 0.3) is 0 Å². The van der Waals surface area contributed by atoms with E-state index in [9.17, 15) is 0 Å². The summed E-state index contributed by atoms with van der Waals surface area (Å²) in [5.41, 5.74) is 1.37. The molecule has 12 heavy (non-hydrogen) atoms. The molecule has 0 bridgehead atoms. The Morgan fingerprint density at radius 1 is 1.42 bits per heavy atom. The van der Waals surface area contributed by atoms with Crippen molar-refractivity contribution in [2.24, 2.45) is 10.9 Å². The van der Waals surface area contributed by atoms with Gasteiger partial charge in [-0.2, -0.15) is 0 Å². The monoisotopic (exact) mass is 167 g/mol. The minimum atomic E-state index is 0.632.